The van der Waals surface area contributed by atoms with Crippen molar-refractivity contribution in [3.8, 4) is 0 Å². The van der Waals surface area contributed by atoms with Crippen LogP contribution < -0.4 is 34.8 Å². The van der Waals surface area contributed by atoms with E-state index in [1.165, 1.54) is 29.4 Å². The highest BCUT2D eigenvalue weighted by atomic mass is 127. The Bertz CT molecular complexity index is 993. The van der Waals surface area contributed by atoms with Crippen molar-refractivity contribution in [2.75, 3.05) is 0 Å². The number of rotatable bonds is 4. The van der Waals surface area contributed by atoms with Gasteiger partial charge >= 0.3 is 0 Å². The fourth-order valence-corrected chi connectivity index (χ4v) is 3.27. The van der Waals surface area contributed by atoms with Crippen molar-refractivity contribution in [1.82, 2.24) is 0 Å². The van der Waals surface area contributed by atoms with Gasteiger partial charge in [-0.15, -0.1) is 0 Å². The molecule has 2 nitrogen and oxygen atoms in total. The van der Waals surface area contributed by atoms with Gasteiger partial charge in [0, 0.05) is 31.4 Å². The van der Waals surface area contributed by atoms with Gasteiger partial charge < -0.3 is 24.8 Å². The molecule has 0 saturated heterocycles. The van der Waals surface area contributed by atoms with E-state index in [9.17, 15) is 0 Å². The van der Waals surface area contributed by atoms with Crippen molar-refractivity contribution < 1.29 is 34.8 Å². The molecule has 4 rings (SSSR count). The van der Waals surface area contributed by atoms with Crippen LogP contribution in [0.15, 0.2) is 97.6 Å². The number of pyridine rings is 2. The number of aromatic amines is 2. The number of benzene rings is 2. The van der Waals surface area contributed by atoms with Gasteiger partial charge in [0.05, 0.1) is 0 Å². The minimum atomic E-state index is 0. The molecule has 0 aliphatic heterocycles. The zero-order valence-electron chi connectivity index (χ0n) is 17.1. The molecule has 2 aromatic heterocycles. The van der Waals surface area contributed by atoms with Gasteiger partial charge in [-0.2, -0.15) is 0 Å². The maximum Gasteiger partial charge on any atom is 0.167 e. The van der Waals surface area contributed by atoms with Crippen LogP contribution in [0.25, 0.3) is 24.3 Å². The van der Waals surface area contributed by atoms with Gasteiger partial charge in [-0.1, -0.05) is 48.6 Å². The van der Waals surface area contributed by atoms with E-state index in [1.807, 2.05) is 49.1 Å². The Hall–Kier alpha value is -1.74. The lowest BCUT2D eigenvalue weighted by Gasteiger charge is -1.93. The molecule has 4 aromatic rings. The van der Waals surface area contributed by atoms with E-state index in [0.717, 1.165) is 0 Å². The molecule has 0 fully saturated rings. The van der Waals surface area contributed by atoms with Crippen LogP contribution in [0.2, 0.25) is 0 Å². The second-order valence-corrected chi connectivity index (χ2v) is 8.93. The maximum absolute atomic E-state index is 3.00. The number of halogens is 4. The molecular formula is C26H22Cl2I2N2. The van der Waals surface area contributed by atoms with Crippen molar-refractivity contribution in [1.29, 1.82) is 0 Å². The highest BCUT2D eigenvalue weighted by Crippen LogP contribution is 2.11. The zero-order chi connectivity index (χ0) is 21.0. The Balaban J connectivity index is 0.000000301. The van der Waals surface area contributed by atoms with Gasteiger partial charge in [-0.3, -0.25) is 0 Å². The smallest absolute Gasteiger partial charge is 0.167 e. The van der Waals surface area contributed by atoms with Gasteiger partial charge in [0.25, 0.3) is 0 Å². The molecule has 0 radical (unpaired) electrons. The van der Waals surface area contributed by atoms with Crippen LogP contribution >= 0.6 is 45.2 Å². The largest absolute Gasteiger partial charge is 1.00 e. The van der Waals surface area contributed by atoms with Crippen molar-refractivity contribution in [3.05, 3.63) is 127 Å². The Morgan fingerprint density at radius 3 is 0.938 bits per heavy atom. The van der Waals surface area contributed by atoms with Gasteiger partial charge in [0.15, 0.2) is 24.8 Å². The molecule has 2 aromatic carbocycles. The molecule has 0 amide bonds. The molecule has 0 bridgehead atoms. The first-order chi connectivity index (χ1) is 14.7. The van der Waals surface area contributed by atoms with E-state index in [1.54, 1.807) is 0 Å². The van der Waals surface area contributed by atoms with Crippen molar-refractivity contribution in [2.45, 2.75) is 0 Å². The summed E-state index contributed by atoms with van der Waals surface area (Å²) in [5.74, 6) is 0. The van der Waals surface area contributed by atoms with Gasteiger partial charge in [-0.25, -0.2) is 9.97 Å². The molecule has 0 aliphatic carbocycles. The topological polar surface area (TPSA) is 28.3 Å². The van der Waals surface area contributed by atoms with Crippen molar-refractivity contribution in [2.24, 2.45) is 0 Å². The maximum atomic E-state index is 3.00. The first-order valence-corrected chi connectivity index (χ1v) is 11.6. The lowest BCUT2D eigenvalue weighted by atomic mass is 10.2. The Morgan fingerprint density at radius 1 is 0.406 bits per heavy atom. The third-order valence-corrected chi connectivity index (χ3v) is 5.60. The van der Waals surface area contributed by atoms with Gasteiger partial charge in [-0.05, 0) is 91.7 Å². The Labute approximate surface area is 229 Å². The molecule has 32 heavy (non-hydrogen) atoms. The molecule has 0 aliphatic rings. The summed E-state index contributed by atoms with van der Waals surface area (Å²) in [4.78, 5) is 6.01. The van der Waals surface area contributed by atoms with E-state index in [0.29, 0.717) is 0 Å². The molecule has 2 N–H and O–H groups in total. The molecule has 6 heteroatoms. The normalized spacial score (nSPS) is 10.1. The summed E-state index contributed by atoms with van der Waals surface area (Å²) in [5, 5.41) is 0. The SMILES string of the molecule is Ic1ccc(/C=C/c2cc[nH+]cc2)cc1.Ic1ccc(/C=C/c2cc[nH+]cc2)cc1.[Cl-].[Cl-]. The second-order valence-electron chi connectivity index (χ2n) is 6.44. The van der Waals surface area contributed by atoms with Gasteiger partial charge in [0.1, 0.15) is 0 Å². The fraction of sp³-hybridized carbons (Fsp3) is 0. The summed E-state index contributed by atoms with van der Waals surface area (Å²) in [7, 11) is 0. The summed E-state index contributed by atoms with van der Waals surface area (Å²) in [6.45, 7) is 0. The Morgan fingerprint density at radius 2 is 0.656 bits per heavy atom. The summed E-state index contributed by atoms with van der Waals surface area (Å²) < 4.78 is 2.53. The standard InChI is InChI=1S/2C13H10IN.2ClH/c2*14-13-5-3-11(4-6-13)1-2-12-7-9-15-10-8-12;;/h2*1-10H;2*1H/b2*2-1+;;. The third-order valence-electron chi connectivity index (χ3n) is 4.16. The average molecular weight is 687 g/mol. The summed E-state index contributed by atoms with van der Waals surface area (Å²) in [6.07, 6.45) is 16.1. The first kappa shape index (κ1) is 28.3. The van der Waals surface area contributed by atoms with Crippen LogP contribution in [-0.4, -0.2) is 0 Å². The van der Waals surface area contributed by atoms with Crippen molar-refractivity contribution >= 4 is 69.5 Å². The molecule has 0 saturated carbocycles. The fourth-order valence-electron chi connectivity index (χ4n) is 2.55. The minimum Gasteiger partial charge on any atom is -1.00 e. The van der Waals surface area contributed by atoms with Crippen molar-refractivity contribution in [3.63, 3.8) is 0 Å². The second kappa shape index (κ2) is 16.0. The summed E-state index contributed by atoms with van der Waals surface area (Å²) in [6, 6.07) is 25.1. The predicted molar refractivity (Wildman–Crippen MR) is 142 cm³/mol. The summed E-state index contributed by atoms with van der Waals surface area (Å²) >= 11 is 4.62. The number of hydrogen-bond acceptors (Lipinski definition) is 0. The first-order valence-electron chi connectivity index (χ1n) is 9.48. The summed E-state index contributed by atoms with van der Waals surface area (Å²) in [5.41, 5.74) is 4.85. The number of H-pyrrole nitrogens is 2. The number of aromatic nitrogens is 2. The quantitative estimate of drug-likeness (QED) is 0.281. The predicted octanol–water partition coefficient (Wildman–Crippen LogP) is 0.559. The van der Waals surface area contributed by atoms with Crippen LogP contribution in [0.3, 0.4) is 0 Å². The molecule has 0 spiro atoms. The lowest BCUT2D eigenvalue weighted by molar-refractivity contribution is -0.378. The third kappa shape index (κ3) is 10.7. The highest BCUT2D eigenvalue weighted by molar-refractivity contribution is 14.1. The zero-order valence-corrected chi connectivity index (χ0v) is 22.9. The minimum absolute atomic E-state index is 0. The number of hydrogen-bond donors (Lipinski definition) is 0. The average Bonchev–Trinajstić information content (AvgIpc) is 2.80. The lowest BCUT2D eigenvalue weighted by Crippen LogP contribution is -3.00. The molecule has 164 valence electrons. The monoisotopic (exact) mass is 686 g/mol. The molecule has 0 atom stereocenters. The van der Waals surface area contributed by atoms with Crippen LogP contribution in [-0.2, 0) is 0 Å². The van der Waals surface area contributed by atoms with E-state index in [-0.39, 0.29) is 24.8 Å². The molecule has 2 heterocycles. The van der Waals surface area contributed by atoms with Crippen LogP contribution in [0.1, 0.15) is 22.3 Å². The Kier molecular flexibility index (Phi) is 14.1. The van der Waals surface area contributed by atoms with Crippen LogP contribution in [0, 0.1) is 7.14 Å². The highest BCUT2D eigenvalue weighted by Gasteiger charge is 1.90. The number of nitrogens with one attached hydrogen (secondary N) is 2. The van der Waals surface area contributed by atoms with E-state index in [4.69, 9.17) is 0 Å². The molecule has 0 unspecified atom stereocenters. The van der Waals surface area contributed by atoms with Gasteiger partial charge in [0.2, 0.25) is 0 Å². The van der Waals surface area contributed by atoms with E-state index in [2.05, 4.69) is 128 Å². The van der Waals surface area contributed by atoms with Crippen LogP contribution in [0.5, 0.6) is 0 Å². The van der Waals surface area contributed by atoms with Crippen LogP contribution in [0.4, 0.5) is 0 Å². The van der Waals surface area contributed by atoms with E-state index < -0.39 is 0 Å². The van der Waals surface area contributed by atoms with E-state index >= 15 is 0 Å². The molecular weight excluding hydrogens is 665 g/mol.